The number of nitrogens with zero attached hydrogens (tertiary/aromatic N) is 2. The van der Waals surface area contributed by atoms with Crippen molar-refractivity contribution in [2.75, 3.05) is 33.3 Å². The van der Waals surface area contributed by atoms with Gasteiger partial charge < -0.3 is 19.3 Å². The molecule has 2 aromatic rings. The Morgan fingerprint density at radius 3 is 2.50 bits per heavy atom. The highest BCUT2D eigenvalue weighted by atomic mass is 16.5. The first kappa shape index (κ1) is 24.1. The average molecular weight is 465 g/mol. The first-order valence-electron chi connectivity index (χ1n) is 12.4. The Morgan fingerprint density at radius 2 is 1.74 bits per heavy atom. The van der Waals surface area contributed by atoms with Gasteiger partial charge in [0.05, 0.1) is 0 Å². The molecule has 6 nitrogen and oxygen atoms in total. The van der Waals surface area contributed by atoms with E-state index in [1.807, 2.05) is 72.3 Å². The molecule has 34 heavy (non-hydrogen) atoms. The number of likely N-dealkylation sites (N-methyl/N-ethyl adjacent to an activating group) is 1. The fourth-order valence-electron chi connectivity index (χ4n) is 5.24. The van der Waals surface area contributed by atoms with E-state index < -0.39 is 6.10 Å². The number of carbonyl (C=O) groups is 2. The molecule has 2 aliphatic rings. The number of hydrogen-bond donors (Lipinski definition) is 0. The van der Waals surface area contributed by atoms with Crippen molar-refractivity contribution in [3.63, 3.8) is 0 Å². The Bertz CT molecular complexity index is 969. The van der Waals surface area contributed by atoms with E-state index in [-0.39, 0.29) is 23.8 Å². The van der Waals surface area contributed by atoms with Crippen molar-refractivity contribution < 1.29 is 19.1 Å². The van der Waals surface area contributed by atoms with Gasteiger partial charge in [-0.2, -0.15) is 0 Å². The molecule has 1 spiro atoms. The summed E-state index contributed by atoms with van der Waals surface area (Å²) in [6, 6.07) is 17.5. The molecule has 0 unspecified atom stereocenters. The number of likely N-dealkylation sites (tertiary alicyclic amines) is 1. The van der Waals surface area contributed by atoms with Gasteiger partial charge in [-0.3, -0.25) is 9.59 Å². The zero-order valence-corrected chi connectivity index (χ0v) is 20.4. The first-order chi connectivity index (χ1) is 16.5. The van der Waals surface area contributed by atoms with Crippen LogP contribution in [0, 0.1) is 5.41 Å². The maximum absolute atomic E-state index is 13.1. The van der Waals surface area contributed by atoms with Gasteiger partial charge in [0, 0.05) is 26.7 Å². The van der Waals surface area contributed by atoms with Crippen LogP contribution in [0.3, 0.4) is 0 Å². The Morgan fingerprint density at radius 1 is 1.03 bits per heavy atom. The Hall–Kier alpha value is -3.02. The van der Waals surface area contributed by atoms with E-state index in [0.29, 0.717) is 25.4 Å². The Kier molecular flexibility index (Phi) is 7.76. The molecule has 6 heteroatoms. The zero-order valence-electron chi connectivity index (χ0n) is 20.4. The third-order valence-electron chi connectivity index (χ3n) is 7.26. The van der Waals surface area contributed by atoms with E-state index in [4.69, 9.17) is 9.47 Å². The van der Waals surface area contributed by atoms with Crippen LogP contribution in [0.5, 0.6) is 11.5 Å². The average Bonchev–Trinajstić information content (AvgIpc) is 2.86. The van der Waals surface area contributed by atoms with Crippen molar-refractivity contribution in [2.45, 2.75) is 51.6 Å². The lowest BCUT2D eigenvalue weighted by molar-refractivity contribution is -0.141. The molecule has 0 N–H and O–H groups in total. The lowest BCUT2D eigenvalue weighted by Gasteiger charge is -2.44. The van der Waals surface area contributed by atoms with Crippen LogP contribution >= 0.6 is 0 Å². The van der Waals surface area contributed by atoms with Crippen LogP contribution in [-0.4, -0.2) is 61.0 Å². The largest absolute Gasteiger partial charge is 0.484 e. The number of ether oxygens (including phenoxy) is 2. The second-order valence-electron chi connectivity index (χ2n) is 9.75. The number of rotatable bonds is 3. The van der Waals surface area contributed by atoms with Crippen molar-refractivity contribution in [1.82, 2.24) is 9.80 Å². The van der Waals surface area contributed by atoms with Gasteiger partial charge in [-0.1, -0.05) is 42.8 Å². The third-order valence-corrected chi connectivity index (χ3v) is 7.26. The van der Waals surface area contributed by atoms with Crippen molar-refractivity contribution in [3.8, 4) is 11.5 Å². The first-order valence-corrected chi connectivity index (χ1v) is 12.4. The number of aryl methyl sites for hydroxylation is 1. The molecule has 0 saturated carbocycles. The fraction of sp³-hybridized carbons (Fsp3) is 0.500. The maximum Gasteiger partial charge on any atom is 0.263 e. The summed E-state index contributed by atoms with van der Waals surface area (Å²) in [5.41, 5.74) is 1.19. The molecule has 4 rings (SSSR count). The summed E-state index contributed by atoms with van der Waals surface area (Å²) in [4.78, 5) is 29.6. The second-order valence-corrected chi connectivity index (χ2v) is 9.75. The van der Waals surface area contributed by atoms with E-state index >= 15 is 0 Å². The van der Waals surface area contributed by atoms with Crippen LogP contribution in [0.4, 0.5) is 0 Å². The lowest BCUT2D eigenvalue weighted by Crippen LogP contribution is -2.50. The fourth-order valence-corrected chi connectivity index (χ4v) is 5.24. The number of benzene rings is 2. The zero-order chi connectivity index (χ0) is 24.0. The minimum absolute atomic E-state index is 0.00418. The minimum Gasteiger partial charge on any atom is -0.484 e. The van der Waals surface area contributed by atoms with Crippen molar-refractivity contribution in [3.05, 3.63) is 60.2 Å². The predicted molar refractivity (Wildman–Crippen MR) is 132 cm³/mol. The maximum atomic E-state index is 13.1. The van der Waals surface area contributed by atoms with Crippen LogP contribution in [0.2, 0.25) is 0 Å². The lowest BCUT2D eigenvalue weighted by atomic mass is 9.73. The van der Waals surface area contributed by atoms with E-state index in [1.54, 1.807) is 0 Å². The van der Waals surface area contributed by atoms with Gasteiger partial charge in [0.2, 0.25) is 0 Å². The van der Waals surface area contributed by atoms with E-state index in [1.165, 1.54) is 5.56 Å². The normalized spacial score (nSPS) is 21.1. The standard InChI is InChI=1S/C28H36N2O4/c1-22-27(32)29(2)21-28(15-9-8-11-23-10-6-7-14-25(23)34-22)16-18-30(19-17-28)26(31)20-33-24-12-4-3-5-13-24/h3-7,10,12-14,22H,8-9,11,15-21H2,1-2H3/t22-/m1/s1. The van der Waals surface area contributed by atoms with E-state index in [0.717, 1.165) is 44.3 Å². The van der Waals surface area contributed by atoms with Crippen molar-refractivity contribution >= 4 is 11.8 Å². The molecule has 2 amide bonds. The van der Waals surface area contributed by atoms with Gasteiger partial charge in [0.25, 0.3) is 11.8 Å². The summed E-state index contributed by atoms with van der Waals surface area (Å²) in [5.74, 6) is 1.55. The van der Waals surface area contributed by atoms with Crippen LogP contribution in [0.25, 0.3) is 0 Å². The molecular formula is C28H36N2O4. The van der Waals surface area contributed by atoms with Gasteiger partial charge in [-0.25, -0.2) is 0 Å². The highest BCUT2D eigenvalue weighted by Crippen LogP contribution is 2.38. The van der Waals surface area contributed by atoms with Crippen LogP contribution in [0.1, 0.15) is 44.6 Å². The predicted octanol–water partition coefficient (Wildman–Crippen LogP) is 4.33. The van der Waals surface area contributed by atoms with Crippen molar-refractivity contribution in [1.29, 1.82) is 0 Å². The molecule has 2 aliphatic heterocycles. The number of para-hydroxylation sites is 2. The topological polar surface area (TPSA) is 59.1 Å². The van der Waals surface area contributed by atoms with Crippen LogP contribution < -0.4 is 9.47 Å². The van der Waals surface area contributed by atoms with Gasteiger partial charge in [0.1, 0.15) is 11.5 Å². The molecule has 2 aromatic carbocycles. The molecule has 182 valence electrons. The number of piperidine rings is 1. The summed E-state index contributed by atoms with van der Waals surface area (Å²) in [5, 5.41) is 0. The summed E-state index contributed by atoms with van der Waals surface area (Å²) in [7, 11) is 1.88. The molecule has 1 atom stereocenters. The highest BCUT2D eigenvalue weighted by Gasteiger charge is 2.38. The summed E-state index contributed by atoms with van der Waals surface area (Å²) in [6.07, 6.45) is 5.45. The highest BCUT2D eigenvalue weighted by molar-refractivity contribution is 5.81. The molecule has 1 fully saturated rings. The molecule has 1 saturated heterocycles. The number of fused-ring (bicyclic) bond motifs is 1. The SMILES string of the molecule is C[C@H]1Oc2ccccc2CCCCC2(CCN(C(=O)COc3ccccc3)CC2)CN(C)C1=O. The van der Waals surface area contributed by atoms with E-state index in [2.05, 4.69) is 6.07 Å². The van der Waals surface area contributed by atoms with Gasteiger partial charge in [-0.05, 0) is 68.2 Å². The smallest absolute Gasteiger partial charge is 0.263 e. The monoisotopic (exact) mass is 464 g/mol. The van der Waals surface area contributed by atoms with Crippen LogP contribution in [-0.2, 0) is 16.0 Å². The number of amides is 2. The minimum atomic E-state index is -0.528. The Balaban J connectivity index is 1.39. The summed E-state index contributed by atoms with van der Waals surface area (Å²) < 4.78 is 11.7. The number of hydrogen-bond acceptors (Lipinski definition) is 4. The van der Waals surface area contributed by atoms with E-state index in [9.17, 15) is 9.59 Å². The quantitative estimate of drug-likeness (QED) is 0.679. The molecule has 0 bridgehead atoms. The second kappa shape index (κ2) is 10.9. The van der Waals surface area contributed by atoms with Gasteiger partial charge in [0.15, 0.2) is 12.7 Å². The molecular weight excluding hydrogens is 428 g/mol. The van der Waals surface area contributed by atoms with Gasteiger partial charge >= 0.3 is 0 Å². The molecule has 0 radical (unpaired) electrons. The summed E-state index contributed by atoms with van der Waals surface area (Å²) >= 11 is 0. The van der Waals surface area contributed by atoms with Crippen LogP contribution in [0.15, 0.2) is 54.6 Å². The molecule has 0 aromatic heterocycles. The third kappa shape index (κ3) is 5.91. The van der Waals surface area contributed by atoms with Gasteiger partial charge in [-0.15, -0.1) is 0 Å². The molecule has 2 heterocycles. The van der Waals surface area contributed by atoms with Crippen molar-refractivity contribution in [2.24, 2.45) is 5.41 Å². The number of carbonyl (C=O) groups excluding carboxylic acids is 2. The Labute approximate surface area is 202 Å². The summed E-state index contributed by atoms with van der Waals surface area (Å²) in [6.45, 7) is 4.00. The molecule has 0 aliphatic carbocycles.